The van der Waals surface area contributed by atoms with Gasteiger partial charge < -0.3 is 24.2 Å². The van der Waals surface area contributed by atoms with Crippen LogP contribution in [0, 0.1) is 0 Å². The van der Waals surface area contributed by atoms with Gasteiger partial charge in [0.2, 0.25) is 0 Å². The first kappa shape index (κ1) is 23.6. The van der Waals surface area contributed by atoms with Crippen molar-refractivity contribution in [3.05, 3.63) is 48.5 Å². The smallest absolute Gasteiger partial charge is 0.475 e. The standard InChI is InChI=1S/C19H24N4O2.C2HF3O2/c1-21-9-3-5-17(21)19(24)22-10-6-16-18(7-11-22)25-13-12-23(16)15-4-2-8-20-14-15;3-2(4,5)1(6)7/h2-5,8-9,14,16,18H,6-7,10-13H2,1H3;(H,6,7). The molecule has 4 rings (SSSR count). The van der Waals surface area contributed by atoms with Crippen molar-refractivity contribution in [3.63, 3.8) is 0 Å². The Labute approximate surface area is 183 Å². The fraction of sp³-hybridized carbons (Fsp3) is 0.476. The van der Waals surface area contributed by atoms with Gasteiger partial charge in [0.1, 0.15) is 5.69 Å². The molecule has 2 aliphatic rings. The molecule has 4 heterocycles. The Bertz CT molecular complexity index is 919. The van der Waals surface area contributed by atoms with E-state index in [1.165, 1.54) is 0 Å². The van der Waals surface area contributed by atoms with Crippen molar-refractivity contribution in [2.75, 3.05) is 31.1 Å². The topological polar surface area (TPSA) is 87.9 Å². The Morgan fingerprint density at radius 2 is 1.88 bits per heavy atom. The van der Waals surface area contributed by atoms with Crippen LogP contribution in [0.25, 0.3) is 0 Å². The minimum absolute atomic E-state index is 0.110. The van der Waals surface area contributed by atoms with Crippen LogP contribution >= 0.6 is 0 Å². The van der Waals surface area contributed by atoms with Crippen LogP contribution in [-0.4, -0.2) is 76.0 Å². The number of hydrogen-bond acceptors (Lipinski definition) is 5. The number of aryl methyl sites for hydroxylation is 1. The number of aliphatic carboxylic acids is 1. The van der Waals surface area contributed by atoms with Crippen LogP contribution in [0.5, 0.6) is 0 Å². The van der Waals surface area contributed by atoms with E-state index in [0.29, 0.717) is 6.04 Å². The van der Waals surface area contributed by atoms with Crippen molar-refractivity contribution in [1.29, 1.82) is 0 Å². The molecule has 1 N–H and O–H groups in total. The maximum Gasteiger partial charge on any atom is 0.490 e. The van der Waals surface area contributed by atoms with E-state index >= 15 is 0 Å². The molecule has 2 aromatic rings. The number of anilines is 1. The number of nitrogens with zero attached hydrogens (tertiary/aromatic N) is 4. The number of rotatable bonds is 2. The molecule has 2 atom stereocenters. The fourth-order valence-electron chi connectivity index (χ4n) is 3.97. The number of amides is 1. The van der Waals surface area contributed by atoms with Gasteiger partial charge in [-0.1, -0.05) is 0 Å². The zero-order valence-corrected chi connectivity index (χ0v) is 17.5. The molecule has 2 aliphatic heterocycles. The maximum atomic E-state index is 12.8. The zero-order chi connectivity index (χ0) is 23.3. The number of hydrogen-bond donors (Lipinski definition) is 1. The van der Waals surface area contributed by atoms with Crippen molar-refractivity contribution in [3.8, 4) is 0 Å². The molecule has 2 aromatic heterocycles. The van der Waals surface area contributed by atoms with Crippen LogP contribution in [0.15, 0.2) is 42.9 Å². The highest BCUT2D eigenvalue weighted by Gasteiger charge is 2.38. The van der Waals surface area contributed by atoms with Gasteiger partial charge >= 0.3 is 12.1 Å². The van der Waals surface area contributed by atoms with Gasteiger partial charge in [-0.3, -0.25) is 9.78 Å². The number of morpholine rings is 1. The van der Waals surface area contributed by atoms with Gasteiger partial charge in [0.15, 0.2) is 0 Å². The number of ether oxygens (including phenoxy) is 1. The van der Waals surface area contributed by atoms with E-state index in [0.717, 1.165) is 50.5 Å². The number of halogens is 3. The van der Waals surface area contributed by atoms with E-state index in [1.54, 1.807) is 6.20 Å². The van der Waals surface area contributed by atoms with E-state index in [-0.39, 0.29) is 12.0 Å². The third-order valence-electron chi connectivity index (χ3n) is 5.54. The Kier molecular flexibility index (Phi) is 7.39. The molecular weight excluding hydrogens is 429 g/mol. The third-order valence-corrected chi connectivity index (χ3v) is 5.54. The van der Waals surface area contributed by atoms with E-state index in [2.05, 4.69) is 16.0 Å². The predicted octanol–water partition coefficient (Wildman–Crippen LogP) is 2.56. The number of carboxylic acid groups (broad SMARTS) is 1. The number of alkyl halides is 3. The molecule has 8 nitrogen and oxygen atoms in total. The lowest BCUT2D eigenvalue weighted by atomic mass is 10.0. The molecule has 11 heteroatoms. The highest BCUT2D eigenvalue weighted by atomic mass is 19.4. The van der Waals surface area contributed by atoms with Crippen LogP contribution in [-0.2, 0) is 16.6 Å². The summed E-state index contributed by atoms with van der Waals surface area (Å²) in [7, 11) is 1.91. The van der Waals surface area contributed by atoms with Gasteiger partial charge in [0.05, 0.1) is 30.6 Å². The number of carbonyl (C=O) groups is 2. The summed E-state index contributed by atoms with van der Waals surface area (Å²) in [6, 6.07) is 8.18. The molecule has 0 aliphatic carbocycles. The Hall–Kier alpha value is -3.08. The molecule has 2 unspecified atom stereocenters. The number of fused-ring (bicyclic) bond motifs is 1. The normalized spacial score (nSPS) is 21.1. The first-order valence-corrected chi connectivity index (χ1v) is 10.2. The van der Waals surface area contributed by atoms with Crippen molar-refractivity contribution in [2.24, 2.45) is 7.05 Å². The molecule has 0 spiro atoms. The molecule has 2 fully saturated rings. The van der Waals surface area contributed by atoms with Gasteiger partial charge in [0.25, 0.3) is 5.91 Å². The fourth-order valence-corrected chi connectivity index (χ4v) is 3.97. The van der Waals surface area contributed by atoms with Crippen molar-refractivity contribution >= 4 is 17.6 Å². The first-order chi connectivity index (χ1) is 15.2. The Morgan fingerprint density at radius 3 is 2.47 bits per heavy atom. The third kappa shape index (κ3) is 5.58. The van der Waals surface area contributed by atoms with Crippen LogP contribution in [0.2, 0.25) is 0 Å². The van der Waals surface area contributed by atoms with Gasteiger partial charge in [-0.2, -0.15) is 13.2 Å². The molecular formula is C21H25F3N4O4. The maximum absolute atomic E-state index is 12.8. The molecule has 1 amide bonds. The second-order valence-electron chi connectivity index (χ2n) is 7.56. The van der Waals surface area contributed by atoms with E-state index in [9.17, 15) is 18.0 Å². The number of likely N-dealkylation sites (tertiary alicyclic amines) is 1. The number of aromatic nitrogens is 2. The summed E-state index contributed by atoms with van der Waals surface area (Å²) >= 11 is 0. The highest BCUT2D eigenvalue weighted by molar-refractivity contribution is 5.92. The van der Waals surface area contributed by atoms with Crippen molar-refractivity contribution in [2.45, 2.75) is 31.2 Å². The summed E-state index contributed by atoms with van der Waals surface area (Å²) in [6.07, 6.45) is 2.50. The molecule has 0 aromatic carbocycles. The van der Waals surface area contributed by atoms with Crippen LogP contribution < -0.4 is 4.90 Å². The summed E-state index contributed by atoms with van der Waals surface area (Å²) in [5.74, 6) is -2.65. The molecule has 0 saturated carbocycles. The van der Waals surface area contributed by atoms with Crippen molar-refractivity contribution in [1.82, 2.24) is 14.5 Å². The average molecular weight is 454 g/mol. The van der Waals surface area contributed by atoms with Gasteiger partial charge in [-0.25, -0.2) is 4.79 Å². The molecule has 2 saturated heterocycles. The second kappa shape index (κ2) is 10.0. The molecule has 174 valence electrons. The summed E-state index contributed by atoms with van der Waals surface area (Å²) in [5.41, 5.74) is 1.89. The van der Waals surface area contributed by atoms with Crippen LogP contribution in [0.3, 0.4) is 0 Å². The number of carboxylic acids is 1. The molecule has 32 heavy (non-hydrogen) atoms. The monoisotopic (exact) mass is 454 g/mol. The quantitative estimate of drug-likeness (QED) is 0.751. The average Bonchev–Trinajstić information content (AvgIpc) is 3.07. The summed E-state index contributed by atoms with van der Waals surface area (Å²) in [4.78, 5) is 30.4. The number of pyridine rings is 1. The first-order valence-electron chi connectivity index (χ1n) is 10.2. The predicted molar refractivity (Wildman–Crippen MR) is 109 cm³/mol. The van der Waals surface area contributed by atoms with E-state index < -0.39 is 12.1 Å². The van der Waals surface area contributed by atoms with E-state index in [4.69, 9.17) is 14.6 Å². The van der Waals surface area contributed by atoms with Gasteiger partial charge in [-0.05, 0) is 37.1 Å². The lowest BCUT2D eigenvalue weighted by molar-refractivity contribution is -0.192. The Balaban J connectivity index is 0.000000360. The molecule has 0 bridgehead atoms. The highest BCUT2D eigenvalue weighted by Crippen LogP contribution is 2.28. The van der Waals surface area contributed by atoms with Gasteiger partial charge in [0, 0.05) is 39.1 Å². The van der Waals surface area contributed by atoms with Crippen LogP contribution in [0.4, 0.5) is 18.9 Å². The lowest BCUT2D eigenvalue weighted by Gasteiger charge is -2.41. The molecule has 0 radical (unpaired) electrons. The minimum Gasteiger partial charge on any atom is -0.475 e. The summed E-state index contributed by atoms with van der Waals surface area (Å²) < 4.78 is 39.7. The van der Waals surface area contributed by atoms with Crippen molar-refractivity contribution < 1.29 is 32.6 Å². The largest absolute Gasteiger partial charge is 0.490 e. The number of carbonyl (C=O) groups excluding carboxylic acids is 1. The zero-order valence-electron chi connectivity index (χ0n) is 17.5. The second-order valence-corrected chi connectivity index (χ2v) is 7.56. The summed E-state index contributed by atoms with van der Waals surface area (Å²) in [5, 5.41) is 7.12. The Morgan fingerprint density at radius 1 is 1.16 bits per heavy atom. The minimum atomic E-state index is -5.08. The SMILES string of the molecule is Cn1cccc1C(=O)N1CCC2OCCN(c3cccnc3)C2CC1.O=C(O)C(F)(F)F. The lowest BCUT2D eigenvalue weighted by Crippen LogP contribution is -2.51. The summed E-state index contributed by atoms with van der Waals surface area (Å²) in [6.45, 7) is 3.10. The van der Waals surface area contributed by atoms with Gasteiger partial charge in [-0.15, -0.1) is 0 Å². The van der Waals surface area contributed by atoms with E-state index in [1.807, 2.05) is 47.1 Å². The van der Waals surface area contributed by atoms with Crippen LogP contribution in [0.1, 0.15) is 23.3 Å².